The smallest absolute Gasteiger partial charge is 0.178 e. The molecule has 0 bridgehead atoms. The largest absolute Gasteiger partial charge is 0.330 e. The first-order valence-corrected chi connectivity index (χ1v) is 7.57. The van der Waals surface area contributed by atoms with Gasteiger partial charge in [-0.15, -0.1) is 0 Å². The second kappa shape index (κ2) is 5.69. The van der Waals surface area contributed by atoms with Gasteiger partial charge in [-0.1, -0.05) is 18.2 Å². The molecule has 1 aromatic heterocycles. The van der Waals surface area contributed by atoms with E-state index < -0.39 is 0 Å². The highest BCUT2D eigenvalue weighted by molar-refractivity contribution is 9.10. The molecule has 0 fully saturated rings. The van der Waals surface area contributed by atoms with Crippen LogP contribution in [-0.4, -0.2) is 9.55 Å². The predicted octanol–water partition coefficient (Wildman–Crippen LogP) is 4.98. The molecule has 2 nitrogen and oxygen atoms in total. The fraction of sp³-hybridized carbons (Fsp3) is 0.133. The maximum atomic E-state index is 13.6. The van der Waals surface area contributed by atoms with Crippen molar-refractivity contribution in [3.05, 3.63) is 62.8 Å². The summed E-state index contributed by atoms with van der Waals surface area (Å²) in [5.41, 5.74) is 2.06. The summed E-state index contributed by atoms with van der Waals surface area (Å²) < 4.78 is 29.9. The predicted molar refractivity (Wildman–Crippen MR) is 84.9 cm³/mol. The number of H-pyrrole nitrogens is 1. The van der Waals surface area contributed by atoms with Crippen molar-refractivity contribution in [1.82, 2.24) is 9.55 Å². The molecule has 0 aliphatic rings. The molecular formula is C15H11BrF2N2S. The van der Waals surface area contributed by atoms with Crippen LogP contribution >= 0.6 is 28.1 Å². The van der Waals surface area contributed by atoms with Crippen molar-refractivity contribution >= 4 is 39.2 Å². The number of aromatic nitrogens is 2. The van der Waals surface area contributed by atoms with Crippen LogP contribution in [0.1, 0.15) is 5.56 Å². The van der Waals surface area contributed by atoms with Gasteiger partial charge in [0.05, 0.1) is 15.5 Å². The number of halogens is 3. The van der Waals surface area contributed by atoms with Gasteiger partial charge in [-0.3, -0.25) is 0 Å². The molecule has 0 saturated heterocycles. The fourth-order valence-corrected chi connectivity index (χ4v) is 2.94. The minimum absolute atomic E-state index is 0.226. The zero-order valence-corrected chi connectivity index (χ0v) is 13.3. The van der Waals surface area contributed by atoms with Gasteiger partial charge >= 0.3 is 0 Å². The number of nitrogens with zero attached hydrogens (tertiary/aromatic N) is 1. The van der Waals surface area contributed by atoms with E-state index in [9.17, 15) is 8.78 Å². The molecular weight excluding hydrogens is 358 g/mol. The molecule has 2 aromatic carbocycles. The number of aromatic amines is 1. The molecule has 0 spiro atoms. The molecule has 1 heterocycles. The van der Waals surface area contributed by atoms with E-state index in [2.05, 4.69) is 20.9 Å². The third-order valence-electron chi connectivity index (χ3n) is 3.38. The van der Waals surface area contributed by atoms with Crippen molar-refractivity contribution < 1.29 is 8.78 Å². The van der Waals surface area contributed by atoms with Crippen LogP contribution in [0, 0.1) is 16.4 Å². The number of aryl methyl sites for hydroxylation is 2. The highest BCUT2D eigenvalue weighted by Gasteiger charge is 2.09. The number of benzene rings is 2. The van der Waals surface area contributed by atoms with Gasteiger partial charge in [-0.2, -0.15) is 0 Å². The van der Waals surface area contributed by atoms with Crippen LogP contribution in [0.2, 0.25) is 0 Å². The molecule has 0 aliphatic heterocycles. The normalized spacial score (nSPS) is 11.2. The average molecular weight is 369 g/mol. The van der Waals surface area contributed by atoms with Gasteiger partial charge in [0.1, 0.15) is 11.6 Å². The molecule has 1 N–H and O–H groups in total. The number of imidazole rings is 1. The minimum atomic E-state index is -0.347. The average Bonchev–Trinajstić information content (AvgIpc) is 2.74. The van der Waals surface area contributed by atoms with Crippen molar-refractivity contribution in [2.75, 3.05) is 0 Å². The van der Waals surface area contributed by atoms with E-state index in [1.54, 1.807) is 24.3 Å². The Kier molecular flexibility index (Phi) is 3.91. The minimum Gasteiger partial charge on any atom is -0.330 e. The Morgan fingerprint density at radius 2 is 1.90 bits per heavy atom. The van der Waals surface area contributed by atoms with E-state index >= 15 is 0 Å². The van der Waals surface area contributed by atoms with Gasteiger partial charge in [0.2, 0.25) is 0 Å². The van der Waals surface area contributed by atoms with Crippen molar-refractivity contribution in [1.29, 1.82) is 0 Å². The number of nitrogens with one attached hydrogen (secondary N) is 1. The Labute approximate surface area is 133 Å². The molecule has 0 saturated carbocycles. The van der Waals surface area contributed by atoms with E-state index in [-0.39, 0.29) is 11.6 Å². The summed E-state index contributed by atoms with van der Waals surface area (Å²) in [6.45, 7) is 0.526. The molecule has 0 amide bonds. The number of hydrogen-bond acceptors (Lipinski definition) is 1. The Bertz CT molecular complexity index is 870. The summed E-state index contributed by atoms with van der Waals surface area (Å²) in [6, 6.07) is 9.74. The number of rotatable bonds is 3. The van der Waals surface area contributed by atoms with Crippen LogP contribution < -0.4 is 0 Å². The summed E-state index contributed by atoms with van der Waals surface area (Å²) in [6.07, 6.45) is 0.517. The number of fused-ring (bicyclic) bond motifs is 1. The van der Waals surface area contributed by atoms with Crippen molar-refractivity contribution in [2.45, 2.75) is 13.0 Å². The van der Waals surface area contributed by atoms with E-state index in [4.69, 9.17) is 12.2 Å². The number of hydrogen-bond donors (Lipinski definition) is 1. The maximum absolute atomic E-state index is 13.6. The van der Waals surface area contributed by atoms with Crippen LogP contribution in [-0.2, 0) is 13.0 Å². The van der Waals surface area contributed by atoms with Crippen LogP contribution in [0.4, 0.5) is 8.78 Å². The first kappa shape index (κ1) is 14.4. The second-order valence-corrected chi connectivity index (χ2v) is 5.95. The Balaban J connectivity index is 1.97. The van der Waals surface area contributed by atoms with Gasteiger partial charge in [-0.05, 0) is 52.3 Å². The van der Waals surface area contributed by atoms with Crippen LogP contribution in [0.15, 0.2) is 40.9 Å². The van der Waals surface area contributed by atoms with E-state index in [0.717, 1.165) is 5.52 Å². The van der Waals surface area contributed by atoms with Gasteiger partial charge in [0.25, 0.3) is 0 Å². The molecule has 0 atom stereocenters. The third kappa shape index (κ3) is 2.78. The van der Waals surface area contributed by atoms with Crippen molar-refractivity contribution in [2.24, 2.45) is 0 Å². The second-order valence-electron chi connectivity index (χ2n) is 4.71. The first-order chi connectivity index (χ1) is 10.1. The molecule has 21 heavy (non-hydrogen) atoms. The van der Waals surface area contributed by atoms with Crippen molar-refractivity contribution in [3.8, 4) is 0 Å². The Morgan fingerprint density at radius 3 is 2.67 bits per heavy atom. The highest BCUT2D eigenvalue weighted by Crippen LogP contribution is 2.23. The lowest BCUT2D eigenvalue weighted by molar-refractivity contribution is 0.595. The first-order valence-electron chi connectivity index (χ1n) is 6.37. The van der Waals surface area contributed by atoms with Gasteiger partial charge in [0.15, 0.2) is 4.77 Å². The lowest BCUT2D eigenvalue weighted by Crippen LogP contribution is -2.03. The molecule has 3 rings (SSSR count). The standard InChI is InChI=1S/C15H11BrF2N2S/c16-10-7-14-13(8-12(10)18)19-15(21)20(14)6-5-9-3-1-2-4-11(9)17/h1-4,7-8H,5-6H2,(H,19,21). The molecule has 0 aliphatic carbocycles. The monoisotopic (exact) mass is 368 g/mol. The lowest BCUT2D eigenvalue weighted by atomic mass is 10.1. The van der Waals surface area contributed by atoms with Gasteiger partial charge < -0.3 is 9.55 Å². The summed E-state index contributed by atoms with van der Waals surface area (Å²) in [5, 5.41) is 0. The zero-order valence-electron chi connectivity index (χ0n) is 10.9. The Morgan fingerprint density at radius 1 is 1.14 bits per heavy atom. The molecule has 108 valence electrons. The van der Waals surface area contributed by atoms with Gasteiger partial charge in [-0.25, -0.2) is 8.78 Å². The topological polar surface area (TPSA) is 20.7 Å². The maximum Gasteiger partial charge on any atom is 0.178 e. The molecule has 6 heteroatoms. The molecule has 3 aromatic rings. The Hall–Kier alpha value is -1.53. The van der Waals surface area contributed by atoms with Crippen molar-refractivity contribution in [3.63, 3.8) is 0 Å². The summed E-state index contributed by atoms with van der Waals surface area (Å²) in [4.78, 5) is 2.97. The van der Waals surface area contributed by atoms with Crippen LogP contribution in [0.5, 0.6) is 0 Å². The van der Waals surface area contributed by atoms with Crippen LogP contribution in [0.25, 0.3) is 11.0 Å². The van der Waals surface area contributed by atoms with E-state index in [0.29, 0.717) is 33.3 Å². The third-order valence-corrected chi connectivity index (χ3v) is 4.31. The molecule has 0 radical (unpaired) electrons. The lowest BCUT2D eigenvalue weighted by Gasteiger charge is -2.06. The summed E-state index contributed by atoms with van der Waals surface area (Å²) >= 11 is 8.43. The molecule has 0 unspecified atom stereocenters. The van der Waals surface area contributed by atoms with Gasteiger partial charge in [0, 0.05) is 12.6 Å². The zero-order chi connectivity index (χ0) is 15.0. The quantitative estimate of drug-likeness (QED) is 0.646. The highest BCUT2D eigenvalue weighted by atomic mass is 79.9. The van der Waals surface area contributed by atoms with E-state index in [1.165, 1.54) is 12.1 Å². The SMILES string of the molecule is Fc1cc2[nH]c(=S)n(CCc3ccccc3F)c2cc1Br. The summed E-state index contributed by atoms with van der Waals surface area (Å²) in [7, 11) is 0. The summed E-state index contributed by atoms with van der Waals surface area (Å²) in [5.74, 6) is -0.573. The fourth-order valence-electron chi connectivity index (χ4n) is 2.31. The van der Waals surface area contributed by atoms with Crippen LogP contribution in [0.3, 0.4) is 0 Å². The van der Waals surface area contributed by atoms with E-state index in [1.807, 2.05) is 4.57 Å².